The molecule has 0 spiro atoms. The van der Waals surface area contributed by atoms with Crippen molar-refractivity contribution in [3.8, 4) is 0 Å². The number of amides is 1. The van der Waals surface area contributed by atoms with Crippen molar-refractivity contribution < 1.29 is 9.53 Å². The Morgan fingerprint density at radius 1 is 1.38 bits per heavy atom. The minimum atomic E-state index is -0.0214. The molecule has 3 atom stereocenters. The maximum atomic E-state index is 12.7. The topological polar surface area (TPSA) is 32.8 Å². The Balaban J connectivity index is 1.63. The summed E-state index contributed by atoms with van der Waals surface area (Å²) in [5.74, 6) is 0.796. The van der Waals surface area contributed by atoms with Crippen LogP contribution in [0.2, 0.25) is 0 Å². The van der Waals surface area contributed by atoms with Gasteiger partial charge in [-0.15, -0.1) is 0 Å². The van der Waals surface area contributed by atoms with Gasteiger partial charge >= 0.3 is 0 Å². The number of carbonyl (C=O) groups is 1. The van der Waals surface area contributed by atoms with Gasteiger partial charge in [-0.3, -0.25) is 9.69 Å². The first-order valence-corrected chi connectivity index (χ1v) is 8.73. The van der Waals surface area contributed by atoms with Gasteiger partial charge in [0.1, 0.15) is 0 Å². The SMILES string of the molecule is CC(C(=O)N1CC(C)C(N2CCOCC2)C1)c1ccsc1. The van der Waals surface area contributed by atoms with E-state index >= 15 is 0 Å². The minimum absolute atomic E-state index is 0.0214. The molecule has 1 aromatic heterocycles. The van der Waals surface area contributed by atoms with Crippen molar-refractivity contribution in [3.63, 3.8) is 0 Å². The number of hydrogen-bond donors (Lipinski definition) is 0. The molecule has 2 aliphatic rings. The van der Waals surface area contributed by atoms with Crippen LogP contribution in [0.4, 0.5) is 0 Å². The Bertz CT molecular complexity index is 471. The van der Waals surface area contributed by atoms with E-state index in [1.54, 1.807) is 11.3 Å². The molecule has 5 heteroatoms. The molecule has 116 valence electrons. The molecule has 0 radical (unpaired) electrons. The van der Waals surface area contributed by atoms with Crippen LogP contribution in [0.25, 0.3) is 0 Å². The molecule has 0 aromatic carbocycles. The fourth-order valence-corrected chi connectivity index (χ4v) is 4.21. The zero-order chi connectivity index (χ0) is 14.8. The molecule has 3 rings (SSSR count). The van der Waals surface area contributed by atoms with Crippen LogP contribution in [-0.2, 0) is 9.53 Å². The molecule has 21 heavy (non-hydrogen) atoms. The van der Waals surface area contributed by atoms with Crippen LogP contribution in [-0.4, -0.2) is 61.1 Å². The molecular weight excluding hydrogens is 284 g/mol. The molecule has 0 saturated carbocycles. The summed E-state index contributed by atoms with van der Waals surface area (Å²) in [6.07, 6.45) is 0. The lowest BCUT2D eigenvalue weighted by Gasteiger charge is -2.34. The van der Waals surface area contributed by atoms with E-state index in [0.29, 0.717) is 12.0 Å². The second kappa shape index (κ2) is 6.46. The van der Waals surface area contributed by atoms with Gasteiger partial charge in [0.25, 0.3) is 0 Å². The zero-order valence-corrected chi connectivity index (χ0v) is 13.6. The van der Waals surface area contributed by atoms with Gasteiger partial charge < -0.3 is 9.64 Å². The Hall–Kier alpha value is -0.910. The highest BCUT2D eigenvalue weighted by atomic mass is 32.1. The van der Waals surface area contributed by atoms with E-state index in [4.69, 9.17) is 4.74 Å². The van der Waals surface area contributed by atoms with Crippen molar-refractivity contribution >= 4 is 17.2 Å². The second-order valence-electron chi connectivity index (χ2n) is 6.21. The first kappa shape index (κ1) is 15.0. The molecule has 1 aromatic rings. The molecule has 2 fully saturated rings. The molecule has 1 amide bonds. The average molecular weight is 308 g/mol. The quantitative estimate of drug-likeness (QED) is 0.856. The highest BCUT2D eigenvalue weighted by Gasteiger charge is 2.37. The Kier molecular flexibility index (Phi) is 4.62. The third-order valence-corrected chi connectivity index (χ3v) is 5.51. The van der Waals surface area contributed by atoms with Gasteiger partial charge in [0.15, 0.2) is 0 Å². The van der Waals surface area contributed by atoms with Gasteiger partial charge in [0.2, 0.25) is 5.91 Å². The van der Waals surface area contributed by atoms with Crippen molar-refractivity contribution in [2.24, 2.45) is 5.92 Å². The summed E-state index contributed by atoms with van der Waals surface area (Å²) >= 11 is 1.66. The monoisotopic (exact) mass is 308 g/mol. The third-order valence-electron chi connectivity index (χ3n) is 4.81. The number of thiophene rings is 1. The van der Waals surface area contributed by atoms with Crippen molar-refractivity contribution in [3.05, 3.63) is 22.4 Å². The van der Waals surface area contributed by atoms with Crippen molar-refractivity contribution in [2.75, 3.05) is 39.4 Å². The normalized spacial score (nSPS) is 28.8. The van der Waals surface area contributed by atoms with E-state index in [1.807, 2.05) is 12.3 Å². The third kappa shape index (κ3) is 3.15. The van der Waals surface area contributed by atoms with Gasteiger partial charge in [-0.25, -0.2) is 0 Å². The molecule has 0 N–H and O–H groups in total. The van der Waals surface area contributed by atoms with E-state index in [1.165, 1.54) is 0 Å². The van der Waals surface area contributed by atoms with Gasteiger partial charge in [-0.1, -0.05) is 6.92 Å². The van der Waals surface area contributed by atoms with Crippen LogP contribution in [0.5, 0.6) is 0 Å². The summed E-state index contributed by atoms with van der Waals surface area (Å²) in [5.41, 5.74) is 1.15. The first-order chi connectivity index (χ1) is 10.2. The van der Waals surface area contributed by atoms with Crippen LogP contribution in [0.3, 0.4) is 0 Å². The van der Waals surface area contributed by atoms with Crippen LogP contribution in [0.15, 0.2) is 16.8 Å². The first-order valence-electron chi connectivity index (χ1n) is 7.79. The molecule has 0 bridgehead atoms. The summed E-state index contributed by atoms with van der Waals surface area (Å²) < 4.78 is 5.43. The lowest BCUT2D eigenvalue weighted by atomic mass is 10.0. The van der Waals surface area contributed by atoms with E-state index in [-0.39, 0.29) is 11.8 Å². The Labute approximate surface area is 130 Å². The van der Waals surface area contributed by atoms with E-state index < -0.39 is 0 Å². The fourth-order valence-electron chi connectivity index (χ4n) is 3.45. The van der Waals surface area contributed by atoms with Gasteiger partial charge in [-0.2, -0.15) is 11.3 Å². The minimum Gasteiger partial charge on any atom is -0.379 e. The lowest BCUT2D eigenvalue weighted by Crippen LogP contribution is -2.47. The maximum Gasteiger partial charge on any atom is 0.229 e. The highest BCUT2D eigenvalue weighted by Crippen LogP contribution is 2.27. The van der Waals surface area contributed by atoms with Crippen LogP contribution >= 0.6 is 11.3 Å². The number of rotatable bonds is 3. The predicted molar refractivity (Wildman–Crippen MR) is 84.7 cm³/mol. The number of nitrogens with zero attached hydrogens (tertiary/aromatic N) is 2. The van der Waals surface area contributed by atoms with E-state index in [0.717, 1.165) is 45.0 Å². The number of carbonyl (C=O) groups excluding carboxylic acids is 1. The molecule has 3 heterocycles. The number of morpholine rings is 1. The standard InChI is InChI=1S/C16H24N2O2S/c1-12-9-18(10-15(12)17-4-6-20-7-5-17)16(19)13(2)14-3-8-21-11-14/h3,8,11-13,15H,4-7,9-10H2,1-2H3. The highest BCUT2D eigenvalue weighted by molar-refractivity contribution is 7.08. The predicted octanol–water partition coefficient (Wildman–Crippen LogP) is 2.03. The fraction of sp³-hybridized carbons (Fsp3) is 0.688. The Morgan fingerprint density at radius 3 is 2.81 bits per heavy atom. The second-order valence-corrected chi connectivity index (χ2v) is 6.99. The van der Waals surface area contributed by atoms with Crippen molar-refractivity contribution in [1.29, 1.82) is 0 Å². The molecular formula is C16H24N2O2S. The lowest BCUT2D eigenvalue weighted by molar-refractivity contribution is -0.131. The Morgan fingerprint density at radius 2 is 2.14 bits per heavy atom. The summed E-state index contributed by atoms with van der Waals surface area (Å²) in [5, 5.41) is 4.13. The zero-order valence-electron chi connectivity index (χ0n) is 12.8. The average Bonchev–Trinajstić information content (AvgIpc) is 3.16. The molecule has 2 aliphatic heterocycles. The van der Waals surface area contributed by atoms with Crippen molar-refractivity contribution in [2.45, 2.75) is 25.8 Å². The summed E-state index contributed by atoms with van der Waals surface area (Å²) in [7, 11) is 0. The smallest absolute Gasteiger partial charge is 0.229 e. The molecule has 4 nitrogen and oxygen atoms in total. The van der Waals surface area contributed by atoms with Crippen molar-refractivity contribution in [1.82, 2.24) is 9.80 Å². The number of likely N-dealkylation sites (tertiary alicyclic amines) is 1. The summed E-state index contributed by atoms with van der Waals surface area (Å²) in [6.45, 7) is 9.68. The van der Waals surface area contributed by atoms with Gasteiger partial charge in [-0.05, 0) is 35.2 Å². The number of ether oxygens (including phenoxy) is 1. The van der Waals surface area contributed by atoms with Crippen LogP contribution in [0.1, 0.15) is 25.3 Å². The largest absolute Gasteiger partial charge is 0.379 e. The van der Waals surface area contributed by atoms with Crippen LogP contribution < -0.4 is 0 Å². The van der Waals surface area contributed by atoms with Gasteiger partial charge in [0, 0.05) is 32.2 Å². The van der Waals surface area contributed by atoms with Gasteiger partial charge in [0.05, 0.1) is 19.1 Å². The van der Waals surface area contributed by atoms with Crippen LogP contribution in [0, 0.1) is 5.92 Å². The molecule has 3 unspecified atom stereocenters. The summed E-state index contributed by atoms with van der Waals surface area (Å²) in [6, 6.07) is 2.55. The molecule has 0 aliphatic carbocycles. The van der Waals surface area contributed by atoms with E-state index in [2.05, 4.69) is 28.2 Å². The number of hydrogen-bond acceptors (Lipinski definition) is 4. The van der Waals surface area contributed by atoms with E-state index in [9.17, 15) is 4.79 Å². The maximum absolute atomic E-state index is 12.7. The summed E-state index contributed by atoms with van der Waals surface area (Å²) in [4.78, 5) is 17.3. The molecule has 2 saturated heterocycles.